The second-order valence-corrected chi connectivity index (χ2v) is 7.55. The van der Waals surface area contributed by atoms with E-state index in [1.165, 1.54) is 18.4 Å². The number of aryl methyl sites for hydroxylation is 1. The third kappa shape index (κ3) is 5.03. The molecular weight excluding hydrogens is 332 g/mol. The predicted molar refractivity (Wildman–Crippen MR) is 105 cm³/mol. The molecule has 5 nitrogen and oxygen atoms in total. The molecule has 1 saturated heterocycles. The highest BCUT2D eigenvalue weighted by Crippen LogP contribution is 2.24. The maximum atomic E-state index is 5.54. The molecule has 0 amide bonds. The Kier molecular flexibility index (Phi) is 6.04. The third-order valence-electron chi connectivity index (χ3n) is 4.57. The highest BCUT2D eigenvalue weighted by molar-refractivity contribution is 7.13. The van der Waals surface area contributed by atoms with Crippen LogP contribution >= 0.6 is 11.3 Å². The molecule has 1 fully saturated rings. The Morgan fingerprint density at radius 2 is 2.20 bits per heavy atom. The molecule has 0 atom stereocenters. The number of hydrogen-bond donors (Lipinski definition) is 1. The molecule has 2 aromatic rings. The van der Waals surface area contributed by atoms with E-state index >= 15 is 0 Å². The lowest BCUT2D eigenvalue weighted by molar-refractivity contribution is 0.183. The minimum atomic E-state index is 0.810. The van der Waals surface area contributed by atoms with Crippen LogP contribution in [0.15, 0.2) is 28.7 Å². The molecular formula is C19H26N4OS. The Labute approximate surface area is 153 Å². The number of thiazole rings is 1. The summed E-state index contributed by atoms with van der Waals surface area (Å²) in [7, 11) is 1.73. The van der Waals surface area contributed by atoms with Gasteiger partial charge in [0, 0.05) is 17.5 Å². The average molecular weight is 359 g/mol. The maximum Gasteiger partial charge on any atom is 0.203 e. The summed E-state index contributed by atoms with van der Waals surface area (Å²) in [5.74, 6) is 1.79. The number of nitrogens with zero attached hydrogens (tertiary/aromatic N) is 3. The fraction of sp³-hybridized carbons (Fsp3) is 0.474. The van der Waals surface area contributed by atoms with Crippen LogP contribution in [0, 0.1) is 12.8 Å². The van der Waals surface area contributed by atoms with Crippen LogP contribution in [0.25, 0.3) is 0 Å². The fourth-order valence-electron chi connectivity index (χ4n) is 3.03. The van der Waals surface area contributed by atoms with Crippen molar-refractivity contribution in [3.05, 3.63) is 40.4 Å². The van der Waals surface area contributed by atoms with Gasteiger partial charge in [-0.05, 0) is 62.5 Å². The van der Waals surface area contributed by atoms with Gasteiger partial charge in [-0.25, -0.2) is 4.98 Å². The van der Waals surface area contributed by atoms with E-state index in [0.717, 1.165) is 47.7 Å². The Morgan fingerprint density at radius 3 is 2.88 bits per heavy atom. The smallest absolute Gasteiger partial charge is 0.203 e. The van der Waals surface area contributed by atoms with Gasteiger partial charge >= 0.3 is 0 Å². The quantitative estimate of drug-likeness (QED) is 0.623. The number of ether oxygens (including phenoxy) is 1. The van der Waals surface area contributed by atoms with Crippen LogP contribution in [-0.4, -0.2) is 36.3 Å². The van der Waals surface area contributed by atoms with Crippen LogP contribution in [0.4, 0.5) is 5.13 Å². The molecule has 1 aromatic heterocycles. The summed E-state index contributed by atoms with van der Waals surface area (Å²) < 4.78 is 5.54. The van der Waals surface area contributed by atoms with Crippen LogP contribution in [0.1, 0.15) is 36.6 Å². The van der Waals surface area contributed by atoms with Gasteiger partial charge in [0.2, 0.25) is 5.13 Å². The minimum Gasteiger partial charge on any atom is -0.496 e. The van der Waals surface area contributed by atoms with Gasteiger partial charge in [-0.3, -0.25) is 10.3 Å². The van der Waals surface area contributed by atoms with E-state index < -0.39 is 0 Å². The van der Waals surface area contributed by atoms with E-state index in [9.17, 15) is 0 Å². The van der Waals surface area contributed by atoms with Crippen LogP contribution < -0.4 is 10.2 Å². The van der Waals surface area contributed by atoms with Gasteiger partial charge in [0.25, 0.3) is 0 Å². The summed E-state index contributed by atoms with van der Waals surface area (Å²) in [5.41, 5.74) is 6.26. The van der Waals surface area contributed by atoms with Gasteiger partial charge < -0.3 is 4.74 Å². The zero-order valence-electron chi connectivity index (χ0n) is 15.2. The van der Waals surface area contributed by atoms with Crippen molar-refractivity contribution in [2.45, 2.75) is 33.2 Å². The summed E-state index contributed by atoms with van der Waals surface area (Å²) in [5, 5.41) is 7.11. The Balaban J connectivity index is 1.66. The van der Waals surface area contributed by atoms with Crippen molar-refractivity contribution in [2.75, 3.05) is 25.6 Å². The number of benzene rings is 1. The van der Waals surface area contributed by atoms with Gasteiger partial charge in [0.1, 0.15) is 5.75 Å². The van der Waals surface area contributed by atoms with Gasteiger partial charge in [-0.15, -0.1) is 11.3 Å². The molecule has 0 spiro atoms. The molecule has 1 aliphatic heterocycles. The normalized spacial score (nSPS) is 16.4. The summed E-state index contributed by atoms with van der Waals surface area (Å²) in [6.45, 7) is 7.56. The fourth-order valence-corrected chi connectivity index (χ4v) is 3.67. The van der Waals surface area contributed by atoms with E-state index in [1.807, 2.05) is 30.7 Å². The van der Waals surface area contributed by atoms with Gasteiger partial charge in [-0.2, -0.15) is 5.10 Å². The summed E-state index contributed by atoms with van der Waals surface area (Å²) in [6.07, 6.45) is 4.39. The monoisotopic (exact) mass is 358 g/mol. The summed E-state index contributed by atoms with van der Waals surface area (Å²) >= 11 is 1.55. The number of nitrogens with one attached hydrogen (secondary N) is 1. The zero-order valence-corrected chi connectivity index (χ0v) is 16.0. The molecule has 1 aliphatic rings. The van der Waals surface area contributed by atoms with Crippen molar-refractivity contribution in [3.8, 4) is 5.75 Å². The first-order valence-corrected chi connectivity index (χ1v) is 9.62. The first-order valence-electron chi connectivity index (χ1n) is 8.74. The van der Waals surface area contributed by atoms with E-state index in [1.54, 1.807) is 18.4 Å². The summed E-state index contributed by atoms with van der Waals surface area (Å²) in [6, 6.07) is 6.21. The number of anilines is 1. The number of methoxy groups -OCH3 is 1. The number of aromatic nitrogens is 1. The number of hydrogen-bond acceptors (Lipinski definition) is 6. The second kappa shape index (κ2) is 8.45. The molecule has 1 N–H and O–H groups in total. The van der Waals surface area contributed by atoms with E-state index in [-0.39, 0.29) is 0 Å². The van der Waals surface area contributed by atoms with Crippen molar-refractivity contribution in [1.82, 2.24) is 9.88 Å². The topological polar surface area (TPSA) is 49.8 Å². The number of piperidine rings is 1. The van der Waals surface area contributed by atoms with Crippen LogP contribution in [-0.2, 0) is 6.54 Å². The van der Waals surface area contributed by atoms with Crippen LogP contribution in [0.2, 0.25) is 0 Å². The number of hydrazone groups is 1. The second-order valence-electron chi connectivity index (χ2n) is 6.69. The van der Waals surface area contributed by atoms with Crippen molar-refractivity contribution in [2.24, 2.45) is 11.0 Å². The lowest BCUT2D eigenvalue weighted by atomic mass is 9.98. The molecule has 2 heterocycles. The molecule has 0 radical (unpaired) electrons. The highest BCUT2D eigenvalue weighted by Gasteiger charge is 2.17. The molecule has 3 rings (SSSR count). The van der Waals surface area contributed by atoms with Crippen LogP contribution in [0.3, 0.4) is 0 Å². The number of rotatable bonds is 6. The Hall–Kier alpha value is -1.92. The van der Waals surface area contributed by atoms with E-state index in [2.05, 4.69) is 33.4 Å². The first-order chi connectivity index (χ1) is 12.1. The SMILES string of the molecule is COc1ccc(C=NNc2nc(C)cs2)cc1CN1CCC(C)CC1. The standard InChI is InChI=1S/C19H26N4OS/c1-14-6-8-23(9-7-14)12-17-10-16(4-5-18(17)24-3)11-20-22-19-21-15(2)13-25-19/h4-5,10-11,13-14H,6-9,12H2,1-3H3,(H,21,22). The van der Waals surface area contributed by atoms with Crippen molar-refractivity contribution in [3.63, 3.8) is 0 Å². The largest absolute Gasteiger partial charge is 0.496 e. The van der Waals surface area contributed by atoms with E-state index in [4.69, 9.17) is 4.74 Å². The molecule has 25 heavy (non-hydrogen) atoms. The molecule has 0 bridgehead atoms. The lowest BCUT2D eigenvalue weighted by Gasteiger charge is -2.30. The molecule has 6 heteroatoms. The molecule has 0 unspecified atom stereocenters. The van der Waals surface area contributed by atoms with Gasteiger partial charge in [0.15, 0.2) is 0 Å². The molecule has 0 aliphatic carbocycles. The van der Waals surface area contributed by atoms with Crippen molar-refractivity contribution in [1.29, 1.82) is 0 Å². The Bertz CT molecular complexity index is 720. The molecule has 1 aromatic carbocycles. The van der Waals surface area contributed by atoms with E-state index in [0.29, 0.717) is 0 Å². The zero-order chi connectivity index (χ0) is 17.6. The third-order valence-corrected chi connectivity index (χ3v) is 5.43. The minimum absolute atomic E-state index is 0.810. The summed E-state index contributed by atoms with van der Waals surface area (Å²) in [4.78, 5) is 6.85. The maximum absolute atomic E-state index is 5.54. The van der Waals surface area contributed by atoms with Crippen LogP contribution in [0.5, 0.6) is 5.75 Å². The van der Waals surface area contributed by atoms with Gasteiger partial charge in [0.05, 0.1) is 19.0 Å². The molecule has 134 valence electrons. The van der Waals surface area contributed by atoms with Crippen molar-refractivity contribution < 1.29 is 4.74 Å². The lowest BCUT2D eigenvalue weighted by Crippen LogP contribution is -2.32. The highest BCUT2D eigenvalue weighted by atomic mass is 32.1. The Morgan fingerprint density at radius 1 is 1.40 bits per heavy atom. The number of likely N-dealkylation sites (tertiary alicyclic amines) is 1. The van der Waals surface area contributed by atoms with Gasteiger partial charge in [-0.1, -0.05) is 6.92 Å². The average Bonchev–Trinajstić information content (AvgIpc) is 3.02. The first kappa shape index (κ1) is 17.9. The van der Waals surface area contributed by atoms with Crippen molar-refractivity contribution >= 4 is 22.7 Å². The predicted octanol–water partition coefficient (Wildman–Crippen LogP) is 4.14. The molecule has 0 saturated carbocycles.